The fraction of sp³-hybridized carbons (Fsp3) is 0.278. The Kier molecular flexibility index (Phi) is 4.99. The van der Waals surface area contributed by atoms with Crippen molar-refractivity contribution in [2.75, 3.05) is 5.32 Å². The molecule has 28 heavy (non-hydrogen) atoms. The number of cyclic esters (lactones) is 1. The third-order valence-corrected chi connectivity index (χ3v) is 3.62. The third kappa shape index (κ3) is 4.39. The van der Waals surface area contributed by atoms with Gasteiger partial charge in [-0.2, -0.15) is 13.2 Å². The molecule has 1 atom stereocenters. The van der Waals surface area contributed by atoms with E-state index in [9.17, 15) is 22.8 Å². The van der Waals surface area contributed by atoms with E-state index < -0.39 is 35.8 Å². The summed E-state index contributed by atoms with van der Waals surface area (Å²) >= 11 is 0. The SMILES string of the molecule is CC1(C)OC(=O)C(OC(=O)c2cccnc2Nc2cccc(C(F)(F)F)c2)O1. The Morgan fingerprint density at radius 3 is 2.64 bits per heavy atom. The van der Waals surface area contributed by atoms with E-state index in [0.29, 0.717) is 0 Å². The molecule has 2 aromatic rings. The maximum absolute atomic E-state index is 12.9. The van der Waals surface area contributed by atoms with E-state index in [0.717, 1.165) is 12.1 Å². The van der Waals surface area contributed by atoms with Crippen LogP contribution in [0, 0.1) is 0 Å². The summed E-state index contributed by atoms with van der Waals surface area (Å²) in [5.41, 5.74) is -0.886. The fourth-order valence-corrected chi connectivity index (χ4v) is 2.43. The maximum Gasteiger partial charge on any atom is 0.416 e. The number of halogens is 3. The molecule has 1 N–H and O–H groups in total. The molecular weight excluding hydrogens is 381 g/mol. The number of nitrogens with one attached hydrogen (secondary N) is 1. The molecule has 0 radical (unpaired) electrons. The van der Waals surface area contributed by atoms with Crippen molar-refractivity contribution in [3.63, 3.8) is 0 Å². The van der Waals surface area contributed by atoms with Crippen LogP contribution in [0.3, 0.4) is 0 Å². The fourth-order valence-electron chi connectivity index (χ4n) is 2.43. The van der Waals surface area contributed by atoms with Crippen molar-refractivity contribution < 1.29 is 37.0 Å². The van der Waals surface area contributed by atoms with Gasteiger partial charge >= 0.3 is 24.4 Å². The quantitative estimate of drug-likeness (QED) is 0.790. The van der Waals surface area contributed by atoms with Gasteiger partial charge in [0.2, 0.25) is 5.79 Å². The number of benzene rings is 1. The van der Waals surface area contributed by atoms with Gasteiger partial charge < -0.3 is 14.8 Å². The van der Waals surface area contributed by atoms with Gasteiger partial charge in [0.15, 0.2) is 0 Å². The van der Waals surface area contributed by atoms with Gasteiger partial charge in [-0.25, -0.2) is 14.6 Å². The second-order valence-electron chi connectivity index (χ2n) is 6.28. The summed E-state index contributed by atoms with van der Waals surface area (Å²) in [7, 11) is 0. The van der Waals surface area contributed by atoms with E-state index in [1.807, 2.05) is 0 Å². The Morgan fingerprint density at radius 2 is 2.00 bits per heavy atom. The first kappa shape index (κ1) is 19.6. The predicted octanol–water partition coefficient (Wildman–Crippen LogP) is 3.64. The molecule has 1 saturated heterocycles. The molecule has 3 rings (SSSR count). The van der Waals surface area contributed by atoms with Crippen LogP contribution in [0.2, 0.25) is 0 Å². The van der Waals surface area contributed by atoms with Crippen LogP contribution in [-0.4, -0.2) is 29.0 Å². The molecule has 7 nitrogen and oxygen atoms in total. The normalized spacial score (nSPS) is 18.5. The van der Waals surface area contributed by atoms with Crippen molar-refractivity contribution in [3.05, 3.63) is 53.7 Å². The summed E-state index contributed by atoms with van der Waals surface area (Å²) in [4.78, 5) is 28.1. The van der Waals surface area contributed by atoms with Crippen LogP contribution >= 0.6 is 0 Å². The number of hydrogen-bond donors (Lipinski definition) is 1. The van der Waals surface area contributed by atoms with Gasteiger partial charge in [-0.3, -0.25) is 4.74 Å². The largest absolute Gasteiger partial charge is 0.429 e. The Morgan fingerprint density at radius 1 is 1.25 bits per heavy atom. The first-order chi connectivity index (χ1) is 13.0. The molecule has 148 valence electrons. The van der Waals surface area contributed by atoms with Crippen LogP contribution in [0.5, 0.6) is 0 Å². The van der Waals surface area contributed by atoms with Crippen LogP contribution in [0.4, 0.5) is 24.7 Å². The molecule has 0 aliphatic carbocycles. The van der Waals surface area contributed by atoms with Crippen LogP contribution in [0.25, 0.3) is 0 Å². The molecule has 1 aromatic heterocycles. The van der Waals surface area contributed by atoms with Crippen molar-refractivity contribution in [1.82, 2.24) is 4.98 Å². The number of aromatic nitrogens is 1. The van der Waals surface area contributed by atoms with E-state index in [4.69, 9.17) is 14.2 Å². The second-order valence-corrected chi connectivity index (χ2v) is 6.28. The number of nitrogens with zero attached hydrogens (tertiary/aromatic N) is 1. The molecule has 1 unspecified atom stereocenters. The van der Waals surface area contributed by atoms with Crippen LogP contribution in [0.1, 0.15) is 29.8 Å². The summed E-state index contributed by atoms with van der Waals surface area (Å²) in [6.07, 6.45) is -4.73. The Labute approximate surface area is 157 Å². The molecule has 0 spiro atoms. The number of carbonyl (C=O) groups is 2. The van der Waals surface area contributed by atoms with Gasteiger partial charge in [0.25, 0.3) is 0 Å². The standard InChI is InChI=1S/C18H15F3N2O5/c1-17(2)27-15(25)16(28-17)26-14(24)12-7-4-8-22-13(12)23-11-6-3-5-10(9-11)18(19,20)21/h3-9,16H,1-2H3,(H,22,23). The number of esters is 2. The van der Waals surface area contributed by atoms with E-state index >= 15 is 0 Å². The molecule has 0 bridgehead atoms. The molecule has 10 heteroatoms. The number of pyridine rings is 1. The van der Waals surface area contributed by atoms with Crippen molar-refractivity contribution >= 4 is 23.4 Å². The zero-order valence-electron chi connectivity index (χ0n) is 14.7. The summed E-state index contributed by atoms with van der Waals surface area (Å²) in [6, 6.07) is 7.19. The first-order valence-corrected chi connectivity index (χ1v) is 8.06. The number of ether oxygens (including phenoxy) is 3. The van der Waals surface area contributed by atoms with Crippen molar-refractivity contribution in [3.8, 4) is 0 Å². The molecule has 0 saturated carbocycles. The molecule has 1 aromatic carbocycles. The lowest BCUT2D eigenvalue weighted by atomic mass is 10.2. The lowest BCUT2D eigenvalue weighted by Gasteiger charge is -2.15. The zero-order valence-corrected chi connectivity index (χ0v) is 14.7. The Hall–Kier alpha value is -3.14. The molecular formula is C18H15F3N2O5. The van der Waals surface area contributed by atoms with Gasteiger partial charge in [0.1, 0.15) is 11.4 Å². The van der Waals surface area contributed by atoms with E-state index in [2.05, 4.69) is 10.3 Å². The number of hydrogen-bond acceptors (Lipinski definition) is 7. The van der Waals surface area contributed by atoms with E-state index in [1.54, 1.807) is 0 Å². The van der Waals surface area contributed by atoms with Crippen LogP contribution in [0.15, 0.2) is 42.6 Å². The van der Waals surface area contributed by atoms with Crippen molar-refractivity contribution in [1.29, 1.82) is 0 Å². The summed E-state index contributed by atoms with van der Waals surface area (Å²) < 4.78 is 53.7. The van der Waals surface area contributed by atoms with Gasteiger partial charge in [-0.15, -0.1) is 0 Å². The molecule has 1 aliphatic rings. The molecule has 1 fully saturated rings. The molecule has 2 heterocycles. The summed E-state index contributed by atoms with van der Waals surface area (Å²) in [5.74, 6) is -3.11. The minimum absolute atomic E-state index is 0.0440. The minimum Gasteiger partial charge on any atom is -0.429 e. The minimum atomic E-state index is -4.52. The second kappa shape index (κ2) is 7.12. The highest BCUT2D eigenvalue weighted by Gasteiger charge is 2.44. The van der Waals surface area contributed by atoms with Crippen molar-refractivity contribution in [2.24, 2.45) is 0 Å². The number of rotatable bonds is 4. The third-order valence-electron chi connectivity index (χ3n) is 3.62. The van der Waals surface area contributed by atoms with Crippen molar-refractivity contribution in [2.45, 2.75) is 32.1 Å². The summed E-state index contributed by atoms with van der Waals surface area (Å²) in [6.45, 7) is 2.95. The number of carbonyl (C=O) groups excluding carboxylic acids is 2. The van der Waals surface area contributed by atoms with Gasteiger partial charge in [0.05, 0.1) is 5.56 Å². The smallest absolute Gasteiger partial charge is 0.416 e. The summed E-state index contributed by atoms with van der Waals surface area (Å²) in [5, 5.41) is 2.65. The lowest BCUT2D eigenvalue weighted by Crippen LogP contribution is -2.26. The average molecular weight is 396 g/mol. The average Bonchev–Trinajstić information content (AvgIpc) is 2.86. The highest BCUT2D eigenvalue weighted by atomic mass is 19.4. The highest BCUT2D eigenvalue weighted by Crippen LogP contribution is 2.32. The zero-order chi connectivity index (χ0) is 20.5. The van der Waals surface area contributed by atoms with Crippen LogP contribution in [-0.2, 0) is 25.2 Å². The Balaban J connectivity index is 1.80. The number of anilines is 2. The monoisotopic (exact) mass is 396 g/mol. The topological polar surface area (TPSA) is 86.8 Å². The molecule has 0 amide bonds. The highest BCUT2D eigenvalue weighted by molar-refractivity contribution is 5.96. The van der Waals surface area contributed by atoms with Gasteiger partial charge in [0, 0.05) is 25.7 Å². The van der Waals surface area contributed by atoms with E-state index in [1.165, 1.54) is 44.3 Å². The van der Waals surface area contributed by atoms with E-state index in [-0.39, 0.29) is 17.1 Å². The van der Waals surface area contributed by atoms with Crippen LogP contribution < -0.4 is 5.32 Å². The predicted molar refractivity (Wildman–Crippen MR) is 89.4 cm³/mol. The number of alkyl halides is 3. The lowest BCUT2D eigenvalue weighted by molar-refractivity contribution is -0.175. The maximum atomic E-state index is 12.9. The van der Waals surface area contributed by atoms with Gasteiger partial charge in [-0.1, -0.05) is 6.07 Å². The van der Waals surface area contributed by atoms with Gasteiger partial charge in [-0.05, 0) is 30.3 Å². The first-order valence-electron chi connectivity index (χ1n) is 8.06. The molecule has 1 aliphatic heterocycles. The Bertz CT molecular complexity index is 914.